The molecule has 0 heterocycles. The molecule has 0 spiro atoms. The maximum atomic E-state index is 6.39. The van der Waals surface area contributed by atoms with Gasteiger partial charge in [-0.2, -0.15) is 0 Å². The Balaban J connectivity index is 1.72. The largest absolute Gasteiger partial charge is 0.465 e. The molecule has 0 amide bonds. The van der Waals surface area contributed by atoms with E-state index < -0.39 is 0 Å². The first kappa shape index (κ1) is 22.8. The molecule has 2 unspecified atom stereocenters. The van der Waals surface area contributed by atoms with Crippen molar-refractivity contribution in [2.24, 2.45) is 11.1 Å². The van der Waals surface area contributed by atoms with Gasteiger partial charge in [0.25, 0.3) is 0 Å². The van der Waals surface area contributed by atoms with E-state index in [1.807, 2.05) is 0 Å². The van der Waals surface area contributed by atoms with Gasteiger partial charge >= 0.3 is 0 Å². The van der Waals surface area contributed by atoms with Crippen molar-refractivity contribution in [3.8, 4) is 5.75 Å². The summed E-state index contributed by atoms with van der Waals surface area (Å²) in [6.07, 6.45) is 9.70. The van der Waals surface area contributed by atoms with Crippen molar-refractivity contribution in [3.05, 3.63) is 65.2 Å². The average molecular weight is 410 g/mol. The number of ether oxygens (including phenoxy) is 2. The van der Waals surface area contributed by atoms with E-state index in [4.69, 9.17) is 15.2 Å². The van der Waals surface area contributed by atoms with E-state index in [1.165, 1.54) is 36.0 Å². The monoisotopic (exact) mass is 409 g/mol. The second-order valence-corrected chi connectivity index (χ2v) is 8.85. The zero-order chi connectivity index (χ0) is 21.2. The number of fused-ring (bicyclic) bond motifs is 1. The maximum absolute atomic E-state index is 6.39. The standard InChI is InChI=1S/C27H39NO2/c1-3-16-27(17-15-23-9-5-6-10-24(23)20-27)21-26(29-19-4-2)30-25-13-11-22(12-14-25)8-7-18-28/h5-6,9-14,26H,3-4,7-8,15-21,28H2,1-2H3. The van der Waals surface area contributed by atoms with Gasteiger partial charge < -0.3 is 15.2 Å². The number of hydrogen-bond donors (Lipinski definition) is 1. The Morgan fingerprint density at radius 1 is 1.00 bits per heavy atom. The van der Waals surface area contributed by atoms with Gasteiger partial charge in [0, 0.05) is 6.42 Å². The third-order valence-corrected chi connectivity index (χ3v) is 6.36. The molecule has 164 valence electrons. The fraction of sp³-hybridized carbons (Fsp3) is 0.556. The first-order valence-electron chi connectivity index (χ1n) is 11.8. The van der Waals surface area contributed by atoms with Crippen molar-refractivity contribution < 1.29 is 9.47 Å². The molecule has 0 bridgehead atoms. The number of benzene rings is 2. The van der Waals surface area contributed by atoms with Crippen LogP contribution in [-0.2, 0) is 24.0 Å². The SMILES string of the molecule is CCCOC(CC1(CCC)CCc2ccccc2C1)Oc1ccc(CCCN)cc1. The molecule has 1 aliphatic rings. The van der Waals surface area contributed by atoms with Gasteiger partial charge in [-0.25, -0.2) is 0 Å². The fourth-order valence-electron chi connectivity index (χ4n) is 4.82. The highest BCUT2D eigenvalue weighted by atomic mass is 16.7. The minimum atomic E-state index is -0.198. The summed E-state index contributed by atoms with van der Waals surface area (Å²) in [7, 11) is 0. The van der Waals surface area contributed by atoms with Crippen LogP contribution in [0.15, 0.2) is 48.5 Å². The molecule has 0 fully saturated rings. The summed E-state index contributed by atoms with van der Waals surface area (Å²) in [6, 6.07) is 17.4. The van der Waals surface area contributed by atoms with Crippen LogP contribution >= 0.6 is 0 Å². The van der Waals surface area contributed by atoms with Crippen molar-refractivity contribution in [1.82, 2.24) is 0 Å². The lowest BCUT2D eigenvalue weighted by molar-refractivity contribution is -0.108. The molecule has 2 atom stereocenters. The van der Waals surface area contributed by atoms with E-state index in [0.29, 0.717) is 0 Å². The number of hydrogen-bond acceptors (Lipinski definition) is 3. The van der Waals surface area contributed by atoms with Crippen LogP contribution in [0.25, 0.3) is 0 Å². The van der Waals surface area contributed by atoms with Crippen molar-refractivity contribution >= 4 is 0 Å². The van der Waals surface area contributed by atoms with Crippen LogP contribution in [0, 0.1) is 5.41 Å². The molecule has 3 nitrogen and oxygen atoms in total. The van der Waals surface area contributed by atoms with Crippen LogP contribution in [0.3, 0.4) is 0 Å². The summed E-state index contributed by atoms with van der Waals surface area (Å²) in [6.45, 7) is 5.92. The van der Waals surface area contributed by atoms with Crippen LogP contribution in [0.4, 0.5) is 0 Å². The Bertz CT molecular complexity index is 758. The molecule has 3 rings (SSSR count). The highest BCUT2D eigenvalue weighted by molar-refractivity contribution is 5.31. The second kappa shape index (κ2) is 11.5. The Morgan fingerprint density at radius 3 is 2.47 bits per heavy atom. The third-order valence-electron chi connectivity index (χ3n) is 6.36. The molecule has 30 heavy (non-hydrogen) atoms. The van der Waals surface area contributed by atoms with E-state index >= 15 is 0 Å². The molecule has 2 aromatic carbocycles. The van der Waals surface area contributed by atoms with Gasteiger partial charge in [-0.1, -0.05) is 56.7 Å². The highest BCUT2D eigenvalue weighted by Crippen LogP contribution is 2.43. The maximum Gasteiger partial charge on any atom is 0.200 e. The van der Waals surface area contributed by atoms with Crippen molar-refractivity contribution in [2.75, 3.05) is 13.2 Å². The Kier molecular flexibility index (Phi) is 8.77. The second-order valence-electron chi connectivity index (χ2n) is 8.85. The van der Waals surface area contributed by atoms with Gasteiger partial charge in [-0.05, 0) is 85.7 Å². The Morgan fingerprint density at radius 2 is 1.77 bits per heavy atom. The van der Waals surface area contributed by atoms with E-state index in [1.54, 1.807) is 0 Å². The molecule has 0 aliphatic heterocycles. The summed E-state index contributed by atoms with van der Waals surface area (Å²) in [5.74, 6) is 0.899. The van der Waals surface area contributed by atoms with Crippen LogP contribution in [-0.4, -0.2) is 19.4 Å². The molecule has 1 aliphatic carbocycles. The lowest BCUT2D eigenvalue weighted by Gasteiger charge is -2.40. The van der Waals surface area contributed by atoms with E-state index in [2.05, 4.69) is 62.4 Å². The third kappa shape index (κ3) is 6.33. The summed E-state index contributed by atoms with van der Waals surface area (Å²) in [5, 5.41) is 0. The van der Waals surface area contributed by atoms with Gasteiger partial charge in [0.05, 0.1) is 6.61 Å². The molecule has 0 saturated carbocycles. The van der Waals surface area contributed by atoms with Gasteiger partial charge in [-0.3, -0.25) is 0 Å². The number of rotatable bonds is 12. The predicted octanol–water partition coefficient (Wildman–Crippen LogP) is 6.07. The van der Waals surface area contributed by atoms with Gasteiger partial charge in [0.1, 0.15) is 5.75 Å². The quantitative estimate of drug-likeness (QED) is 0.432. The normalized spacial score (nSPS) is 19.3. The molecule has 0 aromatic heterocycles. The summed E-state index contributed by atoms with van der Waals surface area (Å²) < 4.78 is 12.6. The van der Waals surface area contributed by atoms with Crippen molar-refractivity contribution in [1.29, 1.82) is 0 Å². The molecule has 2 aromatic rings. The summed E-state index contributed by atoms with van der Waals surface area (Å²) >= 11 is 0. The smallest absolute Gasteiger partial charge is 0.200 e. The minimum Gasteiger partial charge on any atom is -0.465 e. The van der Waals surface area contributed by atoms with Crippen LogP contribution < -0.4 is 10.5 Å². The van der Waals surface area contributed by atoms with Crippen molar-refractivity contribution in [2.45, 2.75) is 77.9 Å². The summed E-state index contributed by atoms with van der Waals surface area (Å²) in [5.41, 5.74) is 10.2. The van der Waals surface area contributed by atoms with E-state index in [9.17, 15) is 0 Å². The lowest BCUT2D eigenvalue weighted by atomic mass is 9.67. The molecule has 0 radical (unpaired) electrons. The molecular weight excluding hydrogens is 370 g/mol. The molecule has 2 N–H and O–H groups in total. The highest BCUT2D eigenvalue weighted by Gasteiger charge is 2.36. The van der Waals surface area contributed by atoms with Crippen LogP contribution in [0.1, 0.15) is 69.1 Å². The van der Waals surface area contributed by atoms with Crippen LogP contribution in [0.5, 0.6) is 5.75 Å². The lowest BCUT2D eigenvalue weighted by Crippen LogP contribution is -2.36. The molecule has 0 saturated heterocycles. The topological polar surface area (TPSA) is 44.5 Å². The summed E-state index contributed by atoms with van der Waals surface area (Å²) in [4.78, 5) is 0. The average Bonchev–Trinajstić information content (AvgIpc) is 2.77. The number of nitrogens with two attached hydrogens (primary N) is 1. The Hall–Kier alpha value is -1.84. The predicted molar refractivity (Wildman–Crippen MR) is 125 cm³/mol. The fourth-order valence-corrected chi connectivity index (χ4v) is 4.82. The van der Waals surface area contributed by atoms with Gasteiger partial charge in [0.2, 0.25) is 0 Å². The van der Waals surface area contributed by atoms with Gasteiger partial charge in [0.15, 0.2) is 6.29 Å². The van der Waals surface area contributed by atoms with Gasteiger partial charge in [-0.15, -0.1) is 0 Å². The molecule has 3 heteroatoms. The zero-order valence-corrected chi connectivity index (χ0v) is 18.9. The van der Waals surface area contributed by atoms with E-state index in [-0.39, 0.29) is 11.7 Å². The van der Waals surface area contributed by atoms with E-state index in [0.717, 1.165) is 57.4 Å². The van der Waals surface area contributed by atoms with Crippen molar-refractivity contribution in [3.63, 3.8) is 0 Å². The zero-order valence-electron chi connectivity index (χ0n) is 18.9. The number of aryl methyl sites for hydroxylation is 2. The van der Waals surface area contributed by atoms with Crippen LogP contribution in [0.2, 0.25) is 0 Å². The first-order chi connectivity index (χ1) is 14.7. The minimum absolute atomic E-state index is 0.198. The molecular formula is C27H39NO2. The first-order valence-corrected chi connectivity index (χ1v) is 11.8. The Labute approximate surface area is 183 Å².